The van der Waals surface area contributed by atoms with Gasteiger partial charge in [-0.05, 0) is 36.8 Å². The molecule has 0 heterocycles. The molecule has 0 radical (unpaired) electrons. The van der Waals surface area contributed by atoms with Crippen molar-refractivity contribution in [2.45, 2.75) is 25.7 Å². The van der Waals surface area contributed by atoms with Crippen LogP contribution in [0.15, 0.2) is 29.8 Å². The van der Waals surface area contributed by atoms with Crippen molar-refractivity contribution in [2.24, 2.45) is 0 Å². The van der Waals surface area contributed by atoms with Gasteiger partial charge >= 0.3 is 0 Å². The number of nitrogens with one attached hydrogen (secondary N) is 1. The Bertz CT molecular complexity index is 407. The number of ether oxygens (including phenoxy) is 1. The van der Waals surface area contributed by atoms with Gasteiger partial charge in [0.25, 0.3) is 0 Å². The quantitative estimate of drug-likeness (QED) is 0.745. The summed E-state index contributed by atoms with van der Waals surface area (Å²) in [6.07, 6.45) is 5.03. The van der Waals surface area contributed by atoms with Gasteiger partial charge in [0.15, 0.2) is 0 Å². The molecule has 1 aromatic carbocycles. The Morgan fingerprint density at radius 2 is 2.17 bits per heavy atom. The van der Waals surface area contributed by atoms with Crippen LogP contribution in [-0.2, 0) is 4.74 Å². The molecule has 1 aromatic rings. The Kier molecular flexibility index (Phi) is 4.97. The van der Waals surface area contributed by atoms with E-state index in [1.54, 1.807) is 7.11 Å². The van der Waals surface area contributed by atoms with Crippen LogP contribution in [0.5, 0.6) is 0 Å². The molecule has 2 nitrogen and oxygen atoms in total. The van der Waals surface area contributed by atoms with E-state index in [2.05, 4.69) is 42.6 Å². The van der Waals surface area contributed by atoms with Gasteiger partial charge < -0.3 is 10.1 Å². The number of hydrogen-bond acceptors (Lipinski definition) is 2. The summed E-state index contributed by atoms with van der Waals surface area (Å²) in [7, 11) is 1.73. The predicted molar refractivity (Wildman–Crippen MR) is 76.8 cm³/mol. The van der Waals surface area contributed by atoms with Crippen molar-refractivity contribution in [1.82, 2.24) is 5.32 Å². The van der Waals surface area contributed by atoms with E-state index in [1.165, 1.54) is 29.5 Å². The molecular formula is C16H23NO. The van der Waals surface area contributed by atoms with Gasteiger partial charge in [-0.2, -0.15) is 0 Å². The molecule has 1 aliphatic carbocycles. The maximum atomic E-state index is 5.02. The average molecular weight is 245 g/mol. The van der Waals surface area contributed by atoms with Gasteiger partial charge in [0.05, 0.1) is 6.61 Å². The van der Waals surface area contributed by atoms with Crippen LogP contribution in [-0.4, -0.2) is 26.8 Å². The van der Waals surface area contributed by atoms with Gasteiger partial charge in [-0.25, -0.2) is 0 Å². The Morgan fingerprint density at radius 3 is 2.89 bits per heavy atom. The molecule has 0 amide bonds. The van der Waals surface area contributed by atoms with E-state index in [0.717, 1.165) is 25.6 Å². The summed E-state index contributed by atoms with van der Waals surface area (Å²) in [6, 6.07) is 8.78. The first kappa shape index (κ1) is 13.3. The third kappa shape index (κ3) is 3.97. The average Bonchev–Trinajstić information content (AvgIpc) is 3.20. The van der Waals surface area contributed by atoms with E-state index in [-0.39, 0.29) is 0 Å². The lowest BCUT2D eigenvalue weighted by Crippen LogP contribution is -2.20. The van der Waals surface area contributed by atoms with Gasteiger partial charge in [0, 0.05) is 20.2 Å². The highest BCUT2D eigenvalue weighted by Crippen LogP contribution is 2.41. The van der Waals surface area contributed by atoms with Gasteiger partial charge in [-0.15, -0.1) is 0 Å². The first-order chi connectivity index (χ1) is 8.81. The first-order valence-electron chi connectivity index (χ1n) is 6.77. The second-order valence-corrected chi connectivity index (χ2v) is 5.06. The molecule has 1 fully saturated rings. The van der Waals surface area contributed by atoms with Crippen molar-refractivity contribution in [3.05, 3.63) is 41.0 Å². The lowest BCUT2D eigenvalue weighted by molar-refractivity contribution is 0.200. The van der Waals surface area contributed by atoms with E-state index in [4.69, 9.17) is 4.74 Å². The van der Waals surface area contributed by atoms with E-state index in [0.29, 0.717) is 0 Å². The Labute approximate surface area is 110 Å². The van der Waals surface area contributed by atoms with E-state index in [1.807, 2.05) is 0 Å². The van der Waals surface area contributed by atoms with Crippen LogP contribution >= 0.6 is 0 Å². The largest absolute Gasteiger partial charge is 0.383 e. The fourth-order valence-electron chi connectivity index (χ4n) is 2.18. The number of benzene rings is 1. The minimum absolute atomic E-state index is 0.770. The van der Waals surface area contributed by atoms with Crippen LogP contribution in [0.1, 0.15) is 36.8 Å². The molecule has 2 heteroatoms. The van der Waals surface area contributed by atoms with Crippen LogP contribution in [0.3, 0.4) is 0 Å². The van der Waals surface area contributed by atoms with Gasteiger partial charge in [-0.1, -0.05) is 35.9 Å². The zero-order valence-electron chi connectivity index (χ0n) is 11.4. The highest BCUT2D eigenvalue weighted by atomic mass is 16.5. The fourth-order valence-corrected chi connectivity index (χ4v) is 2.18. The molecule has 0 saturated heterocycles. The highest BCUT2D eigenvalue weighted by Gasteiger charge is 2.24. The lowest BCUT2D eigenvalue weighted by atomic mass is 10.0. The van der Waals surface area contributed by atoms with E-state index < -0.39 is 0 Å². The normalized spacial score (nSPS) is 16.0. The maximum absolute atomic E-state index is 5.02. The zero-order valence-corrected chi connectivity index (χ0v) is 11.4. The zero-order chi connectivity index (χ0) is 12.8. The molecule has 0 unspecified atom stereocenters. The van der Waals surface area contributed by atoms with Gasteiger partial charge in [0.1, 0.15) is 0 Å². The maximum Gasteiger partial charge on any atom is 0.0587 e. The van der Waals surface area contributed by atoms with Crippen molar-refractivity contribution in [3.63, 3.8) is 0 Å². The SMILES string of the molecule is COCCNCC(C)=Cc1ccccc1C1CC1. The molecule has 1 saturated carbocycles. The molecule has 1 aliphatic rings. The first-order valence-corrected chi connectivity index (χ1v) is 6.77. The standard InChI is InChI=1S/C16H23NO/c1-13(12-17-9-10-18-2)11-15-5-3-4-6-16(15)14-7-8-14/h3-6,11,14,17H,7-10,12H2,1-2H3. The smallest absolute Gasteiger partial charge is 0.0587 e. The molecular weight excluding hydrogens is 222 g/mol. The van der Waals surface area contributed by atoms with Crippen molar-refractivity contribution in [1.29, 1.82) is 0 Å². The number of methoxy groups -OCH3 is 1. The van der Waals surface area contributed by atoms with Gasteiger partial charge in [-0.3, -0.25) is 0 Å². The molecule has 1 N–H and O–H groups in total. The predicted octanol–water partition coefficient (Wildman–Crippen LogP) is 3.20. The second-order valence-electron chi connectivity index (χ2n) is 5.06. The molecule has 0 spiro atoms. The van der Waals surface area contributed by atoms with Crippen LogP contribution in [0.25, 0.3) is 6.08 Å². The van der Waals surface area contributed by atoms with Crippen molar-refractivity contribution in [3.8, 4) is 0 Å². The van der Waals surface area contributed by atoms with Crippen LogP contribution in [0.2, 0.25) is 0 Å². The third-order valence-electron chi connectivity index (χ3n) is 3.30. The minimum Gasteiger partial charge on any atom is -0.383 e. The molecule has 2 rings (SSSR count). The summed E-state index contributed by atoms with van der Waals surface area (Å²) in [6.45, 7) is 4.80. The second kappa shape index (κ2) is 6.72. The van der Waals surface area contributed by atoms with Crippen LogP contribution in [0, 0.1) is 0 Å². The Balaban J connectivity index is 1.94. The van der Waals surface area contributed by atoms with Crippen molar-refractivity contribution >= 4 is 6.08 Å². The topological polar surface area (TPSA) is 21.3 Å². The monoisotopic (exact) mass is 245 g/mol. The van der Waals surface area contributed by atoms with Gasteiger partial charge in [0.2, 0.25) is 0 Å². The molecule has 0 atom stereocenters. The van der Waals surface area contributed by atoms with E-state index in [9.17, 15) is 0 Å². The minimum atomic E-state index is 0.770. The summed E-state index contributed by atoms with van der Waals surface area (Å²) in [5.74, 6) is 0.812. The summed E-state index contributed by atoms with van der Waals surface area (Å²) in [4.78, 5) is 0. The molecule has 98 valence electrons. The Morgan fingerprint density at radius 1 is 1.39 bits per heavy atom. The molecule has 0 aromatic heterocycles. The number of hydrogen-bond donors (Lipinski definition) is 1. The van der Waals surface area contributed by atoms with Crippen molar-refractivity contribution in [2.75, 3.05) is 26.8 Å². The molecule has 0 aliphatic heterocycles. The molecule has 18 heavy (non-hydrogen) atoms. The van der Waals surface area contributed by atoms with Crippen LogP contribution < -0.4 is 5.32 Å². The number of rotatable bonds is 7. The van der Waals surface area contributed by atoms with Crippen LogP contribution in [0.4, 0.5) is 0 Å². The Hall–Kier alpha value is -1.12. The summed E-state index contributed by atoms with van der Waals surface area (Å²) < 4.78 is 5.02. The third-order valence-corrected chi connectivity index (χ3v) is 3.30. The molecule has 0 bridgehead atoms. The van der Waals surface area contributed by atoms with E-state index >= 15 is 0 Å². The van der Waals surface area contributed by atoms with Crippen molar-refractivity contribution < 1.29 is 4.74 Å². The fraction of sp³-hybridized carbons (Fsp3) is 0.500. The summed E-state index contributed by atoms with van der Waals surface area (Å²) in [5, 5.41) is 3.38. The summed E-state index contributed by atoms with van der Waals surface area (Å²) in [5.41, 5.74) is 4.29. The highest BCUT2D eigenvalue weighted by molar-refractivity contribution is 5.58. The summed E-state index contributed by atoms with van der Waals surface area (Å²) >= 11 is 0. The lowest BCUT2D eigenvalue weighted by Gasteiger charge is -2.07.